The van der Waals surface area contributed by atoms with Crippen LogP contribution in [0.2, 0.25) is 0 Å². The van der Waals surface area contributed by atoms with Crippen LogP contribution in [0.15, 0.2) is 12.4 Å². The van der Waals surface area contributed by atoms with Gasteiger partial charge in [-0.3, -0.25) is 0 Å². The molecule has 7 heteroatoms. The second kappa shape index (κ2) is 4.47. The van der Waals surface area contributed by atoms with Crippen LogP contribution in [-0.4, -0.2) is 34.1 Å². The van der Waals surface area contributed by atoms with Crippen LogP contribution in [0, 0.1) is 11.3 Å². The van der Waals surface area contributed by atoms with Gasteiger partial charge in [-0.25, -0.2) is 13.4 Å². The first-order chi connectivity index (χ1) is 8.09. The smallest absolute Gasteiger partial charge is 0.230 e. The van der Waals surface area contributed by atoms with Crippen LogP contribution in [-0.2, 0) is 23.1 Å². The summed E-state index contributed by atoms with van der Waals surface area (Å²) in [5, 5.41) is 7.92. The third-order valence-corrected chi connectivity index (χ3v) is 5.13. The molecule has 2 heterocycles. The van der Waals surface area contributed by atoms with Crippen molar-refractivity contribution < 1.29 is 8.42 Å². The molecule has 0 aliphatic carbocycles. The first-order valence-corrected chi connectivity index (χ1v) is 6.98. The molecule has 0 amide bonds. The Labute approximate surface area is 101 Å². The molecule has 0 aromatic carbocycles. The average Bonchev–Trinajstić information content (AvgIpc) is 2.77. The van der Waals surface area contributed by atoms with Crippen molar-refractivity contribution in [1.29, 1.82) is 5.26 Å². The summed E-state index contributed by atoms with van der Waals surface area (Å²) in [6.07, 6.45) is 3.80. The molecule has 1 atom stereocenters. The zero-order valence-corrected chi connectivity index (χ0v) is 10.4. The highest BCUT2D eigenvalue weighted by molar-refractivity contribution is 7.89. The Balaban J connectivity index is 2.24. The van der Waals surface area contributed by atoms with E-state index < -0.39 is 15.3 Å². The molecule has 1 aromatic rings. The fourth-order valence-electron chi connectivity index (χ4n) is 1.92. The molecule has 0 N–H and O–H groups in total. The van der Waals surface area contributed by atoms with E-state index in [1.54, 1.807) is 13.1 Å². The molecule has 92 valence electrons. The summed E-state index contributed by atoms with van der Waals surface area (Å²) in [5.74, 6) is 0.729. The topological polar surface area (TPSA) is 79.0 Å². The monoisotopic (exact) mass is 254 g/mol. The number of hydrogen-bond acceptors (Lipinski definition) is 4. The maximum absolute atomic E-state index is 12.1. The normalized spacial score (nSPS) is 18.4. The van der Waals surface area contributed by atoms with Gasteiger partial charge < -0.3 is 4.57 Å². The summed E-state index contributed by atoms with van der Waals surface area (Å²) < 4.78 is 27.6. The predicted molar refractivity (Wildman–Crippen MR) is 61.2 cm³/mol. The van der Waals surface area contributed by atoms with E-state index in [0.717, 1.165) is 5.82 Å². The molecule has 0 saturated heterocycles. The van der Waals surface area contributed by atoms with Gasteiger partial charge >= 0.3 is 0 Å². The molecule has 1 unspecified atom stereocenters. The highest BCUT2D eigenvalue weighted by Crippen LogP contribution is 2.18. The van der Waals surface area contributed by atoms with Gasteiger partial charge in [0.2, 0.25) is 10.0 Å². The molecule has 0 fully saturated rings. The lowest BCUT2D eigenvalue weighted by molar-refractivity contribution is 0.333. The summed E-state index contributed by atoms with van der Waals surface area (Å²) in [6, 6.07) is 1.85. The zero-order chi connectivity index (χ0) is 12.5. The van der Waals surface area contributed by atoms with Crippen LogP contribution in [0.5, 0.6) is 0 Å². The molecule has 2 rings (SSSR count). The quantitative estimate of drug-likeness (QED) is 0.778. The Morgan fingerprint density at radius 2 is 2.35 bits per heavy atom. The number of aromatic nitrogens is 2. The number of fused-ring (bicyclic) bond motifs is 1. The number of nitrogens with zero attached hydrogens (tertiary/aromatic N) is 4. The Kier molecular flexibility index (Phi) is 3.17. The number of hydrogen-bond donors (Lipinski definition) is 0. The number of nitriles is 1. The summed E-state index contributed by atoms with van der Waals surface area (Å²) in [4.78, 5) is 4.11. The van der Waals surface area contributed by atoms with E-state index in [9.17, 15) is 8.42 Å². The first-order valence-electron chi connectivity index (χ1n) is 5.48. The zero-order valence-electron chi connectivity index (χ0n) is 9.57. The van der Waals surface area contributed by atoms with Gasteiger partial charge in [0.25, 0.3) is 0 Å². The van der Waals surface area contributed by atoms with Crippen LogP contribution < -0.4 is 0 Å². The third-order valence-electron chi connectivity index (χ3n) is 2.94. The van der Waals surface area contributed by atoms with Crippen molar-refractivity contribution in [3.05, 3.63) is 18.2 Å². The van der Waals surface area contributed by atoms with Gasteiger partial charge in [0.05, 0.1) is 12.6 Å². The summed E-state index contributed by atoms with van der Waals surface area (Å²) in [5.41, 5.74) is 0. The number of sulfonamides is 1. The molecular weight excluding hydrogens is 240 g/mol. The van der Waals surface area contributed by atoms with Gasteiger partial charge in [-0.1, -0.05) is 6.92 Å². The summed E-state index contributed by atoms with van der Waals surface area (Å²) in [6.45, 7) is 2.96. The second-order valence-electron chi connectivity index (χ2n) is 3.94. The lowest BCUT2D eigenvalue weighted by Crippen LogP contribution is -2.42. The highest BCUT2D eigenvalue weighted by Gasteiger charge is 2.33. The highest BCUT2D eigenvalue weighted by atomic mass is 32.2. The maximum Gasteiger partial charge on any atom is 0.230 e. The van der Waals surface area contributed by atoms with Crippen molar-refractivity contribution in [2.24, 2.45) is 0 Å². The van der Waals surface area contributed by atoms with Gasteiger partial charge in [-0.2, -0.15) is 9.57 Å². The number of rotatable bonds is 3. The van der Waals surface area contributed by atoms with Crippen molar-refractivity contribution >= 4 is 10.0 Å². The van der Waals surface area contributed by atoms with E-state index in [2.05, 4.69) is 4.98 Å². The minimum Gasteiger partial charge on any atom is -0.333 e. The van der Waals surface area contributed by atoms with Gasteiger partial charge in [0.15, 0.2) is 5.25 Å². The largest absolute Gasteiger partial charge is 0.333 e. The third kappa shape index (κ3) is 2.06. The fourth-order valence-corrected chi connectivity index (χ4v) is 3.46. The second-order valence-corrected chi connectivity index (χ2v) is 6.06. The molecule has 17 heavy (non-hydrogen) atoms. The minimum absolute atomic E-state index is 0.257. The van der Waals surface area contributed by atoms with Crippen LogP contribution in [0.1, 0.15) is 19.2 Å². The van der Waals surface area contributed by atoms with E-state index >= 15 is 0 Å². The van der Waals surface area contributed by atoms with Crippen molar-refractivity contribution in [3.63, 3.8) is 0 Å². The van der Waals surface area contributed by atoms with Gasteiger partial charge in [0.1, 0.15) is 5.82 Å². The Morgan fingerprint density at radius 1 is 1.59 bits per heavy atom. The van der Waals surface area contributed by atoms with Crippen LogP contribution in [0.3, 0.4) is 0 Å². The van der Waals surface area contributed by atoms with Gasteiger partial charge in [-0.05, 0) is 6.42 Å². The number of imidazole rings is 1. The SMILES string of the molecule is CCC(C#N)S(=O)(=O)N1CCn2ccnc2C1. The fraction of sp³-hybridized carbons (Fsp3) is 0.600. The molecular formula is C10H14N4O2S. The van der Waals surface area contributed by atoms with Crippen molar-refractivity contribution in [2.75, 3.05) is 6.54 Å². The van der Waals surface area contributed by atoms with E-state index in [4.69, 9.17) is 5.26 Å². The summed E-state index contributed by atoms with van der Waals surface area (Å²) in [7, 11) is -3.53. The van der Waals surface area contributed by atoms with Gasteiger partial charge in [0, 0.05) is 25.5 Å². The van der Waals surface area contributed by atoms with Crippen LogP contribution in [0.25, 0.3) is 0 Å². The van der Waals surface area contributed by atoms with Gasteiger partial charge in [-0.15, -0.1) is 0 Å². The van der Waals surface area contributed by atoms with Crippen LogP contribution >= 0.6 is 0 Å². The molecule has 0 radical (unpaired) electrons. The Bertz CT molecular complexity index is 543. The molecule has 6 nitrogen and oxygen atoms in total. The first kappa shape index (κ1) is 12.1. The van der Waals surface area contributed by atoms with Crippen molar-refractivity contribution in [2.45, 2.75) is 31.7 Å². The molecule has 1 aliphatic rings. The van der Waals surface area contributed by atoms with Crippen molar-refractivity contribution in [3.8, 4) is 6.07 Å². The minimum atomic E-state index is -3.53. The summed E-state index contributed by atoms with van der Waals surface area (Å²) >= 11 is 0. The van der Waals surface area contributed by atoms with E-state index in [-0.39, 0.29) is 6.54 Å². The molecule has 1 aromatic heterocycles. The molecule has 0 spiro atoms. The standard InChI is InChI=1S/C10H14N4O2S/c1-2-9(7-11)17(15,16)14-6-5-13-4-3-12-10(13)8-14/h3-4,9H,2,5-6,8H2,1H3. The van der Waals surface area contributed by atoms with E-state index in [1.807, 2.05) is 16.8 Å². The van der Waals surface area contributed by atoms with Crippen molar-refractivity contribution in [1.82, 2.24) is 13.9 Å². The van der Waals surface area contributed by atoms with E-state index in [0.29, 0.717) is 19.5 Å². The van der Waals surface area contributed by atoms with E-state index in [1.165, 1.54) is 4.31 Å². The Morgan fingerprint density at radius 3 is 3.00 bits per heavy atom. The maximum atomic E-state index is 12.1. The van der Waals surface area contributed by atoms with Crippen LogP contribution in [0.4, 0.5) is 0 Å². The molecule has 1 aliphatic heterocycles. The molecule has 0 bridgehead atoms. The lowest BCUT2D eigenvalue weighted by Gasteiger charge is -2.28. The lowest BCUT2D eigenvalue weighted by atomic mass is 10.4. The average molecular weight is 254 g/mol. The Hall–Kier alpha value is -1.39. The molecule has 0 saturated carbocycles. The predicted octanol–water partition coefficient (Wildman–Crippen LogP) is 0.331.